The summed E-state index contributed by atoms with van der Waals surface area (Å²) in [4.78, 5) is 0. The van der Waals surface area contributed by atoms with Gasteiger partial charge in [-0.3, -0.25) is 0 Å². The van der Waals surface area contributed by atoms with Crippen LogP contribution in [0.25, 0.3) is 0 Å². The lowest BCUT2D eigenvalue weighted by atomic mass is 9.98. The Bertz CT molecular complexity index is 422. The molecule has 0 saturated carbocycles. The molecule has 0 saturated heterocycles. The van der Waals surface area contributed by atoms with Crippen molar-refractivity contribution in [3.8, 4) is 6.07 Å². The Morgan fingerprint density at radius 3 is 2.65 bits per heavy atom. The summed E-state index contributed by atoms with van der Waals surface area (Å²) in [7, 11) is 3.76. The third-order valence-electron chi connectivity index (χ3n) is 2.85. The second-order valence-corrected chi connectivity index (χ2v) is 5.82. The van der Waals surface area contributed by atoms with Gasteiger partial charge in [0.1, 0.15) is 11.4 Å². The number of hydrogen-bond donors (Lipinski definition) is 1. The number of thioether (sulfide) groups is 1. The third kappa shape index (κ3) is 3.45. The highest BCUT2D eigenvalue weighted by Gasteiger charge is 2.25. The van der Waals surface area contributed by atoms with Crippen molar-refractivity contribution in [2.75, 3.05) is 7.05 Å². The summed E-state index contributed by atoms with van der Waals surface area (Å²) >= 11 is 1.65. The number of hydrogen-bond acceptors (Lipinski definition) is 5. The van der Waals surface area contributed by atoms with Crippen molar-refractivity contribution in [2.45, 2.75) is 43.1 Å². The molecule has 1 aromatic heterocycles. The molecule has 0 aliphatic rings. The van der Waals surface area contributed by atoms with Crippen molar-refractivity contribution in [2.24, 2.45) is 7.05 Å². The molecule has 0 aliphatic heterocycles. The Balaban J connectivity index is 2.65. The molecule has 1 heterocycles. The number of rotatable bonds is 5. The standard InChI is InChI=1S/C11H19N5S/c1-8(6-11(3,7-12)13-4)17-10-15-14-9(2)16(10)5/h8,13H,6H2,1-5H3. The van der Waals surface area contributed by atoms with E-state index in [1.165, 1.54) is 0 Å². The highest BCUT2D eigenvalue weighted by atomic mass is 32.2. The minimum Gasteiger partial charge on any atom is -0.309 e. The highest BCUT2D eigenvalue weighted by Crippen LogP contribution is 2.27. The minimum atomic E-state index is -0.486. The van der Waals surface area contributed by atoms with Gasteiger partial charge in [0.05, 0.1) is 6.07 Å². The molecule has 0 aromatic carbocycles. The molecule has 0 amide bonds. The summed E-state index contributed by atoms with van der Waals surface area (Å²) in [6, 6.07) is 2.30. The SMILES string of the molecule is CNC(C)(C#N)CC(C)Sc1nnc(C)n1C. The third-order valence-corrected chi connectivity index (χ3v) is 3.99. The summed E-state index contributed by atoms with van der Waals surface area (Å²) < 4.78 is 1.96. The van der Waals surface area contributed by atoms with Gasteiger partial charge in [-0.15, -0.1) is 10.2 Å². The molecule has 2 unspecified atom stereocenters. The minimum absolute atomic E-state index is 0.300. The van der Waals surface area contributed by atoms with Crippen LogP contribution in [0, 0.1) is 18.3 Å². The first kappa shape index (κ1) is 14.0. The molecule has 1 rings (SSSR count). The van der Waals surface area contributed by atoms with Crippen molar-refractivity contribution in [1.82, 2.24) is 20.1 Å². The van der Waals surface area contributed by atoms with Crippen LogP contribution in [0.2, 0.25) is 0 Å². The quantitative estimate of drug-likeness (QED) is 0.805. The van der Waals surface area contributed by atoms with E-state index in [0.29, 0.717) is 5.25 Å². The van der Waals surface area contributed by atoms with E-state index < -0.39 is 5.54 Å². The van der Waals surface area contributed by atoms with E-state index >= 15 is 0 Å². The van der Waals surface area contributed by atoms with E-state index in [4.69, 9.17) is 5.26 Å². The van der Waals surface area contributed by atoms with Gasteiger partial charge in [-0.25, -0.2) is 0 Å². The van der Waals surface area contributed by atoms with E-state index in [9.17, 15) is 0 Å². The predicted molar refractivity (Wildman–Crippen MR) is 68.8 cm³/mol. The first-order chi connectivity index (χ1) is 7.91. The summed E-state index contributed by atoms with van der Waals surface area (Å²) in [6.07, 6.45) is 0.760. The predicted octanol–water partition coefficient (Wildman–Crippen LogP) is 1.50. The Labute approximate surface area is 107 Å². The largest absolute Gasteiger partial charge is 0.309 e. The summed E-state index contributed by atoms with van der Waals surface area (Å²) in [5.41, 5.74) is -0.486. The second kappa shape index (κ2) is 5.52. The summed E-state index contributed by atoms with van der Waals surface area (Å²) in [5.74, 6) is 0.899. The smallest absolute Gasteiger partial charge is 0.191 e. The van der Waals surface area contributed by atoms with Crippen LogP contribution in [0.5, 0.6) is 0 Å². The highest BCUT2D eigenvalue weighted by molar-refractivity contribution is 7.99. The fourth-order valence-corrected chi connectivity index (χ4v) is 2.65. The lowest BCUT2D eigenvalue weighted by molar-refractivity contribution is 0.455. The molecule has 17 heavy (non-hydrogen) atoms. The molecular weight excluding hydrogens is 234 g/mol. The average molecular weight is 253 g/mol. The molecule has 94 valence electrons. The van der Waals surface area contributed by atoms with Crippen LogP contribution >= 0.6 is 11.8 Å². The zero-order valence-electron chi connectivity index (χ0n) is 11.0. The number of aryl methyl sites for hydroxylation is 1. The molecule has 0 fully saturated rings. The average Bonchev–Trinajstić information content (AvgIpc) is 2.60. The molecule has 1 aromatic rings. The fraction of sp³-hybridized carbons (Fsp3) is 0.727. The van der Waals surface area contributed by atoms with Crippen LogP contribution in [0.1, 0.15) is 26.1 Å². The van der Waals surface area contributed by atoms with Crippen LogP contribution in [-0.4, -0.2) is 32.6 Å². The fourth-order valence-electron chi connectivity index (χ4n) is 1.49. The van der Waals surface area contributed by atoms with E-state index in [1.807, 2.05) is 32.5 Å². The van der Waals surface area contributed by atoms with Gasteiger partial charge >= 0.3 is 0 Å². The molecule has 1 N–H and O–H groups in total. The molecule has 0 aliphatic carbocycles. The van der Waals surface area contributed by atoms with Crippen LogP contribution in [0.3, 0.4) is 0 Å². The first-order valence-corrected chi connectivity index (χ1v) is 6.42. The van der Waals surface area contributed by atoms with Gasteiger partial charge in [0, 0.05) is 12.3 Å². The summed E-state index contributed by atoms with van der Waals surface area (Å²) in [5, 5.41) is 21.5. The lowest BCUT2D eigenvalue weighted by Crippen LogP contribution is -2.40. The maximum absolute atomic E-state index is 9.10. The van der Waals surface area contributed by atoms with Gasteiger partial charge in [0.2, 0.25) is 0 Å². The Hall–Kier alpha value is -1.06. The molecule has 0 radical (unpaired) electrons. The van der Waals surface area contributed by atoms with Gasteiger partial charge in [-0.05, 0) is 27.3 Å². The van der Waals surface area contributed by atoms with E-state index in [-0.39, 0.29) is 0 Å². The topological polar surface area (TPSA) is 66.5 Å². The number of nitrogens with one attached hydrogen (secondary N) is 1. The van der Waals surface area contributed by atoms with Crippen molar-refractivity contribution in [3.63, 3.8) is 0 Å². The normalized spacial score (nSPS) is 16.2. The zero-order valence-corrected chi connectivity index (χ0v) is 11.8. The Morgan fingerprint density at radius 2 is 2.24 bits per heavy atom. The first-order valence-electron chi connectivity index (χ1n) is 5.54. The van der Waals surface area contributed by atoms with Crippen molar-refractivity contribution < 1.29 is 0 Å². The molecule has 0 spiro atoms. The van der Waals surface area contributed by atoms with Gasteiger partial charge < -0.3 is 9.88 Å². The number of nitrogens with zero attached hydrogens (tertiary/aromatic N) is 4. The summed E-state index contributed by atoms with van der Waals surface area (Å²) in [6.45, 7) is 5.93. The van der Waals surface area contributed by atoms with Crippen molar-refractivity contribution in [3.05, 3.63) is 5.82 Å². The maximum atomic E-state index is 9.10. The maximum Gasteiger partial charge on any atom is 0.191 e. The van der Waals surface area contributed by atoms with Gasteiger partial charge in [-0.2, -0.15) is 5.26 Å². The number of nitriles is 1. The van der Waals surface area contributed by atoms with Crippen molar-refractivity contribution >= 4 is 11.8 Å². The van der Waals surface area contributed by atoms with E-state index in [2.05, 4.69) is 28.5 Å². The number of aromatic nitrogens is 3. The Kier molecular flexibility index (Phi) is 4.54. The zero-order chi connectivity index (χ0) is 13.1. The monoisotopic (exact) mass is 253 g/mol. The molecule has 6 heteroatoms. The lowest BCUT2D eigenvalue weighted by Gasteiger charge is -2.23. The molecular formula is C11H19N5S. The van der Waals surface area contributed by atoms with Crippen LogP contribution < -0.4 is 5.32 Å². The van der Waals surface area contributed by atoms with Crippen LogP contribution in [0.15, 0.2) is 5.16 Å². The molecule has 0 bridgehead atoms. The second-order valence-electron chi connectivity index (χ2n) is 4.42. The van der Waals surface area contributed by atoms with Crippen molar-refractivity contribution in [1.29, 1.82) is 5.26 Å². The van der Waals surface area contributed by atoms with E-state index in [0.717, 1.165) is 17.4 Å². The van der Waals surface area contributed by atoms with Crippen LogP contribution in [-0.2, 0) is 7.05 Å². The van der Waals surface area contributed by atoms with Crippen LogP contribution in [0.4, 0.5) is 0 Å². The Morgan fingerprint density at radius 1 is 1.59 bits per heavy atom. The van der Waals surface area contributed by atoms with Gasteiger partial charge in [-0.1, -0.05) is 18.7 Å². The molecule has 5 nitrogen and oxygen atoms in total. The van der Waals surface area contributed by atoms with E-state index in [1.54, 1.807) is 11.8 Å². The molecule has 2 atom stereocenters. The van der Waals surface area contributed by atoms with Gasteiger partial charge in [0.15, 0.2) is 5.16 Å². The van der Waals surface area contributed by atoms with Gasteiger partial charge in [0.25, 0.3) is 0 Å².